The molecule has 2 heteroatoms. The Kier molecular flexibility index (Phi) is 4.02. The van der Waals surface area contributed by atoms with Gasteiger partial charge in [-0.15, -0.1) is 0 Å². The summed E-state index contributed by atoms with van der Waals surface area (Å²) in [6.45, 7) is 12.0. The van der Waals surface area contributed by atoms with E-state index in [4.69, 9.17) is 4.98 Å². The largest absolute Gasteiger partial charge is 0.240 e. The average Bonchev–Trinajstić information content (AvgIpc) is 2.81. The molecule has 3 aromatic rings. The summed E-state index contributed by atoms with van der Waals surface area (Å²) < 4.78 is 2.72. The van der Waals surface area contributed by atoms with E-state index < -0.39 is 0 Å². The molecule has 31 heavy (non-hydrogen) atoms. The van der Waals surface area contributed by atoms with Crippen molar-refractivity contribution in [3.63, 3.8) is 0 Å². The van der Waals surface area contributed by atoms with Crippen LogP contribution in [-0.2, 0) is 11.0 Å². The predicted octanol–water partition coefficient (Wildman–Crippen LogP) is 7.06. The maximum atomic E-state index is 5.23. The van der Waals surface area contributed by atoms with Crippen LogP contribution in [0.4, 0.5) is 0 Å². The Bertz CT molecular complexity index is 1220. The molecule has 0 saturated heterocycles. The predicted molar refractivity (Wildman–Crippen MR) is 128 cm³/mol. The standard InChI is InChI=1S/C29H35N2/c1-6-28(4)24-11-9-8-10-21(24)27-18(3)30-25-16-22-19-12-14-20(15-13-19)23(22)17-26(25)31(27)29(28,5)7-2/h8-11,16-17,19-20H,6-7,12-15H2,1-5H3/q+1. The molecule has 1 aromatic heterocycles. The van der Waals surface area contributed by atoms with Crippen molar-refractivity contribution in [2.24, 2.45) is 0 Å². The summed E-state index contributed by atoms with van der Waals surface area (Å²) in [5, 5.41) is 0. The first-order valence-corrected chi connectivity index (χ1v) is 12.4. The van der Waals surface area contributed by atoms with Crippen molar-refractivity contribution < 1.29 is 4.57 Å². The van der Waals surface area contributed by atoms with Crippen molar-refractivity contribution in [1.82, 2.24) is 4.98 Å². The van der Waals surface area contributed by atoms with Gasteiger partial charge in [0.2, 0.25) is 11.2 Å². The Morgan fingerprint density at radius 1 is 0.935 bits per heavy atom. The number of aryl methyl sites for hydroxylation is 1. The zero-order valence-electron chi connectivity index (χ0n) is 19.8. The molecule has 0 spiro atoms. The smallest absolute Gasteiger partial charge is 0.235 e. The van der Waals surface area contributed by atoms with E-state index in [1.54, 1.807) is 11.1 Å². The Morgan fingerprint density at radius 3 is 2.23 bits per heavy atom. The summed E-state index contributed by atoms with van der Waals surface area (Å²) >= 11 is 0. The van der Waals surface area contributed by atoms with Crippen LogP contribution in [0.15, 0.2) is 36.4 Å². The van der Waals surface area contributed by atoms with E-state index in [-0.39, 0.29) is 11.0 Å². The van der Waals surface area contributed by atoms with E-state index in [0.717, 1.165) is 24.7 Å². The second-order valence-electron chi connectivity index (χ2n) is 10.8. The third-order valence-electron chi connectivity index (χ3n) is 9.74. The third-order valence-corrected chi connectivity index (χ3v) is 9.74. The minimum atomic E-state index is -0.000689. The van der Waals surface area contributed by atoms with Gasteiger partial charge in [0.1, 0.15) is 11.2 Å². The fourth-order valence-electron chi connectivity index (χ4n) is 7.47. The first-order chi connectivity index (χ1) is 14.9. The Labute approximate surface area is 186 Å². The van der Waals surface area contributed by atoms with Gasteiger partial charge in [0, 0.05) is 19.4 Å². The summed E-state index contributed by atoms with van der Waals surface area (Å²) in [6, 6.07) is 14.1. The van der Waals surface area contributed by atoms with Crippen LogP contribution in [0.5, 0.6) is 0 Å². The molecule has 1 fully saturated rings. The minimum absolute atomic E-state index is 0.000689. The molecule has 1 saturated carbocycles. The maximum Gasteiger partial charge on any atom is 0.235 e. The van der Waals surface area contributed by atoms with Gasteiger partial charge in [0.15, 0.2) is 5.54 Å². The van der Waals surface area contributed by atoms with Gasteiger partial charge in [-0.2, -0.15) is 4.57 Å². The van der Waals surface area contributed by atoms with Crippen LogP contribution in [0.3, 0.4) is 0 Å². The molecule has 4 aliphatic rings. The molecule has 2 nitrogen and oxygen atoms in total. The zero-order chi connectivity index (χ0) is 21.5. The molecule has 2 heterocycles. The maximum absolute atomic E-state index is 5.23. The van der Waals surface area contributed by atoms with Gasteiger partial charge in [0.05, 0.1) is 11.0 Å². The van der Waals surface area contributed by atoms with Crippen molar-refractivity contribution >= 4 is 11.0 Å². The highest BCUT2D eigenvalue weighted by atomic mass is 15.1. The Balaban J connectivity index is 1.77. The van der Waals surface area contributed by atoms with E-state index >= 15 is 0 Å². The van der Waals surface area contributed by atoms with Crippen molar-refractivity contribution in [2.45, 2.75) is 95.9 Å². The van der Waals surface area contributed by atoms with Gasteiger partial charge in [0.25, 0.3) is 0 Å². The molecule has 160 valence electrons. The van der Waals surface area contributed by atoms with Crippen molar-refractivity contribution in [2.75, 3.05) is 0 Å². The van der Waals surface area contributed by atoms with Crippen molar-refractivity contribution in [3.8, 4) is 11.3 Å². The second kappa shape index (κ2) is 6.40. The fraction of sp³-hybridized carbons (Fsp3) is 0.517. The molecule has 0 radical (unpaired) electrons. The highest BCUT2D eigenvalue weighted by molar-refractivity contribution is 5.78. The Morgan fingerprint density at radius 2 is 1.58 bits per heavy atom. The van der Waals surface area contributed by atoms with E-state index in [9.17, 15) is 0 Å². The lowest BCUT2D eigenvalue weighted by Crippen LogP contribution is -2.68. The number of nitrogens with zero attached hydrogens (tertiary/aromatic N) is 2. The summed E-state index contributed by atoms with van der Waals surface area (Å²) in [7, 11) is 0. The molecule has 2 atom stereocenters. The second-order valence-corrected chi connectivity index (χ2v) is 10.8. The lowest BCUT2D eigenvalue weighted by atomic mass is 9.60. The monoisotopic (exact) mass is 411 g/mol. The number of benzene rings is 2. The molecule has 2 aromatic carbocycles. The van der Waals surface area contributed by atoms with E-state index in [0.29, 0.717) is 0 Å². The summed E-state index contributed by atoms with van der Waals surface area (Å²) in [5.74, 6) is 1.51. The van der Waals surface area contributed by atoms with Gasteiger partial charge in [-0.3, -0.25) is 0 Å². The normalized spacial score (nSPS) is 30.7. The fourth-order valence-corrected chi connectivity index (χ4v) is 7.47. The minimum Gasteiger partial charge on any atom is -0.240 e. The van der Waals surface area contributed by atoms with Crippen LogP contribution in [0.2, 0.25) is 0 Å². The molecule has 7 rings (SSSR count). The lowest BCUT2D eigenvalue weighted by molar-refractivity contribution is -0.743. The van der Waals surface area contributed by atoms with E-state index in [2.05, 4.69) is 75.6 Å². The van der Waals surface area contributed by atoms with Crippen LogP contribution in [0.25, 0.3) is 22.3 Å². The van der Waals surface area contributed by atoms with Gasteiger partial charge >= 0.3 is 0 Å². The van der Waals surface area contributed by atoms with Crippen LogP contribution in [0.1, 0.15) is 100 Å². The number of fused-ring (bicyclic) bond motifs is 7. The number of hydrogen-bond donors (Lipinski definition) is 0. The first-order valence-electron chi connectivity index (χ1n) is 12.4. The van der Waals surface area contributed by atoms with E-state index in [1.807, 2.05) is 0 Å². The van der Waals surface area contributed by atoms with Gasteiger partial charge < -0.3 is 0 Å². The molecule has 1 aliphatic heterocycles. The molecule has 0 N–H and O–H groups in total. The van der Waals surface area contributed by atoms with Crippen LogP contribution >= 0.6 is 0 Å². The van der Waals surface area contributed by atoms with Crippen LogP contribution in [-0.4, -0.2) is 4.98 Å². The summed E-state index contributed by atoms with van der Waals surface area (Å²) in [4.78, 5) is 5.23. The van der Waals surface area contributed by atoms with Crippen molar-refractivity contribution in [1.29, 1.82) is 0 Å². The first kappa shape index (κ1) is 19.5. The molecular weight excluding hydrogens is 376 g/mol. The molecule has 0 amide bonds. The van der Waals surface area contributed by atoms with Crippen LogP contribution in [0, 0.1) is 6.92 Å². The lowest BCUT2D eigenvalue weighted by Gasteiger charge is -2.46. The van der Waals surface area contributed by atoms with E-state index in [1.165, 1.54) is 59.2 Å². The quantitative estimate of drug-likeness (QED) is 0.412. The van der Waals surface area contributed by atoms with Gasteiger partial charge in [-0.25, -0.2) is 4.98 Å². The Hall–Kier alpha value is -2.22. The molecule has 2 unspecified atom stereocenters. The van der Waals surface area contributed by atoms with Gasteiger partial charge in [-0.05, 0) is 86.6 Å². The zero-order valence-corrected chi connectivity index (χ0v) is 19.8. The molecule has 2 bridgehead atoms. The number of hydrogen-bond acceptors (Lipinski definition) is 1. The van der Waals surface area contributed by atoms with Crippen molar-refractivity contribution in [3.05, 3.63) is 58.8 Å². The highest BCUT2D eigenvalue weighted by Gasteiger charge is 2.57. The third kappa shape index (κ3) is 2.29. The average molecular weight is 412 g/mol. The highest BCUT2D eigenvalue weighted by Crippen LogP contribution is 2.53. The number of aromatic nitrogens is 2. The molecular formula is C29H35N2+. The SMILES string of the molecule is CCC1(C)c2ccccc2-c2c(C)nc3cc4c(cc3[n+]2C1(C)CC)C1CCC4CC1. The van der Waals surface area contributed by atoms with Gasteiger partial charge in [-0.1, -0.05) is 32.0 Å². The summed E-state index contributed by atoms with van der Waals surface area (Å²) in [5.41, 5.74) is 11.2. The number of rotatable bonds is 2. The molecule has 3 aliphatic carbocycles. The van der Waals surface area contributed by atoms with Crippen LogP contribution < -0.4 is 4.57 Å². The summed E-state index contributed by atoms with van der Waals surface area (Å²) in [6.07, 6.45) is 7.71. The topological polar surface area (TPSA) is 16.8 Å².